The summed E-state index contributed by atoms with van der Waals surface area (Å²) in [4.78, 5) is 2.35. The van der Waals surface area contributed by atoms with Crippen LogP contribution in [0.5, 0.6) is 0 Å². The van der Waals surface area contributed by atoms with E-state index in [1.54, 1.807) is 0 Å². The van der Waals surface area contributed by atoms with Crippen LogP contribution in [0.25, 0.3) is 0 Å². The quantitative estimate of drug-likeness (QED) is 0.815. The summed E-state index contributed by atoms with van der Waals surface area (Å²) in [6.45, 7) is 1.98. The molecule has 1 aromatic rings. The van der Waals surface area contributed by atoms with Crippen molar-refractivity contribution in [1.29, 1.82) is 0 Å². The van der Waals surface area contributed by atoms with Crippen molar-refractivity contribution in [2.45, 2.75) is 25.7 Å². The summed E-state index contributed by atoms with van der Waals surface area (Å²) in [6.07, 6.45) is 4.72. The first-order valence-corrected chi connectivity index (χ1v) is 5.84. The molecule has 0 saturated carbocycles. The Bertz CT molecular complexity index is 333. The molecule has 0 atom stereocenters. The molecule has 0 aromatic heterocycles. The third-order valence-corrected chi connectivity index (χ3v) is 3.16. The number of nitrogens with two attached hydrogens (primary N) is 1. The fourth-order valence-electron chi connectivity index (χ4n) is 2.30. The van der Waals surface area contributed by atoms with Gasteiger partial charge in [-0.05, 0) is 49.4 Å². The molecule has 1 aromatic carbocycles. The number of nitrogens with zero attached hydrogens (tertiary/aromatic N) is 1. The maximum Gasteiger partial charge on any atom is 0.0396 e. The highest BCUT2D eigenvalue weighted by Crippen LogP contribution is 2.26. The minimum absolute atomic E-state index is 0.789. The molecule has 82 valence electrons. The second kappa shape index (κ2) is 4.67. The molecule has 2 nitrogen and oxygen atoms in total. The lowest BCUT2D eigenvalue weighted by Crippen LogP contribution is -2.24. The smallest absolute Gasteiger partial charge is 0.0396 e. The van der Waals surface area contributed by atoms with Gasteiger partial charge >= 0.3 is 0 Å². The molecule has 1 aliphatic rings. The van der Waals surface area contributed by atoms with Gasteiger partial charge in [0.1, 0.15) is 0 Å². The fraction of sp³-hybridized carbons (Fsp3) is 0.538. The number of aryl methyl sites for hydroxylation is 2. The Hall–Kier alpha value is -1.02. The molecule has 2 rings (SSSR count). The van der Waals surface area contributed by atoms with Gasteiger partial charge in [-0.2, -0.15) is 0 Å². The summed E-state index contributed by atoms with van der Waals surface area (Å²) in [5, 5.41) is 0. The molecule has 0 bridgehead atoms. The van der Waals surface area contributed by atoms with Crippen LogP contribution in [0.3, 0.4) is 0 Å². The average molecular weight is 204 g/mol. The second-order valence-electron chi connectivity index (χ2n) is 4.38. The zero-order chi connectivity index (χ0) is 10.7. The predicted octanol–water partition coefficient (Wildman–Crippen LogP) is 1.96. The molecule has 0 saturated heterocycles. The van der Waals surface area contributed by atoms with Crippen LogP contribution in [0, 0.1) is 0 Å². The molecule has 2 heteroatoms. The maximum absolute atomic E-state index is 5.53. The third-order valence-electron chi connectivity index (χ3n) is 3.16. The number of rotatable bonds is 3. The van der Waals surface area contributed by atoms with Gasteiger partial charge < -0.3 is 10.6 Å². The van der Waals surface area contributed by atoms with Crippen LogP contribution in [0.15, 0.2) is 18.2 Å². The predicted molar refractivity (Wildman–Crippen MR) is 65.4 cm³/mol. The van der Waals surface area contributed by atoms with Crippen molar-refractivity contribution < 1.29 is 0 Å². The average Bonchev–Trinajstić information content (AvgIpc) is 2.26. The van der Waals surface area contributed by atoms with Gasteiger partial charge in [0.25, 0.3) is 0 Å². The largest absolute Gasteiger partial charge is 0.374 e. The van der Waals surface area contributed by atoms with Gasteiger partial charge in [-0.15, -0.1) is 0 Å². The molecule has 0 unspecified atom stereocenters. The Labute approximate surface area is 92.1 Å². The van der Waals surface area contributed by atoms with E-state index in [9.17, 15) is 0 Å². The first-order chi connectivity index (χ1) is 7.31. The van der Waals surface area contributed by atoms with E-state index in [-0.39, 0.29) is 0 Å². The molecular weight excluding hydrogens is 184 g/mol. The Morgan fingerprint density at radius 3 is 3.07 bits per heavy atom. The van der Waals surface area contributed by atoms with Crippen LogP contribution in [0.1, 0.15) is 24.0 Å². The van der Waals surface area contributed by atoms with Crippen molar-refractivity contribution in [2.24, 2.45) is 5.73 Å². The number of hydrogen-bond donors (Lipinski definition) is 1. The van der Waals surface area contributed by atoms with E-state index in [1.165, 1.54) is 36.2 Å². The zero-order valence-electron chi connectivity index (χ0n) is 9.50. The Morgan fingerprint density at radius 2 is 2.27 bits per heavy atom. The minimum Gasteiger partial charge on any atom is -0.374 e. The lowest BCUT2D eigenvalue weighted by atomic mass is 9.98. The van der Waals surface area contributed by atoms with Crippen molar-refractivity contribution in [2.75, 3.05) is 25.0 Å². The summed E-state index contributed by atoms with van der Waals surface area (Å²) in [6, 6.07) is 6.87. The lowest BCUT2D eigenvalue weighted by Gasteiger charge is -2.27. The second-order valence-corrected chi connectivity index (χ2v) is 4.38. The molecule has 2 N–H and O–H groups in total. The molecule has 0 fully saturated rings. The fourth-order valence-corrected chi connectivity index (χ4v) is 2.30. The van der Waals surface area contributed by atoms with Crippen LogP contribution in [-0.4, -0.2) is 20.1 Å². The molecular formula is C13H20N2. The van der Waals surface area contributed by atoms with Gasteiger partial charge in [0, 0.05) is 19.3 Å². The topological polar surface area (TPSA) is 29.3 Å². The zero-order valence-corrected chi connectivity index (χ0v) is 9.50. The maximum atomic E-state index is 5.53. The lowest BCUT2D eigenvalue weighted by molar-refractivity contribution is 0.741. The highest BCUT2D eigenvalue weighted by molar-refractivity contribution is 5.56. The summed E-state index contributed by atoms with van der Waals surface area (Å²) in [5.74, 6) is 0. The molecule has 15 heavy (non-hydrogen) atoms. The van der Waals surface area contributed by atoms with Gasteiger partial charge in [0.2, 0.25) is 0 Å². The van der Waals surface area contributed by atoms with Crippen molar-refractivity contribution >= 4 is 5.69 Å². The SMILES string of the molecule is CN1CCCc2cc(CCCN)ccc21. The van der Waals surface area contributed by atoms with Crippen LogP contribution in [0.2, 0.25) is 0 Å². The third kappa shape index (κ3) is 2.32. The van der Waals surface area contributed by atoms with Gasteiger partial charge in [0.05, 0.1) is 0 Å². The van der Waals surface area contributed by atoms with Crippen molar-refractivity contribution in [1.82, 2.24) is 0 Å². The molecule has 0 radical (unpaired) electrons. The van der Waals surface area contributed by atoms with Gasteiger partial charge in [-0.25, -0.2) is 0 Å². The van der Waals surface area contributed by atoms with Crippen LogP contribution in [-0.2, 0) is 12.8 Å². The van der Waals surface area contributed by atoms with E-state index >= 15 is 0 Å². The van der Waals surface area contributed by atoms with Crippen LogP contribution < -0.4 is 10.6 Å². The first kappa shape index (κ1) is 10.5. The monoisotopic (exact) mass is 204 g/mol. The van der Waals surface area contributed by atoms with Gasteiger partial charge in [0.15, 0.2) is 0 Å². The summed E-state index contributed by atoms with van der Waals surface area (Å²) < 4.78 is 0. The van der Waals surface area contributed by atoms with Crippen LogP contribution in [0.4, 0.5) is 5.69 Å². The van der Waals surface area contributed by atoms with Crippen molar-refractivity contribution in [3.8, 4) is 0 Å². The molecule has 0 aliphatic carbocycles. The van der Waals surface area contributed by atoms with Gasteiger partial charge in [-0.1, -0.05) is 12.1 Å². The van der Waals surface area contributed by atoms with E-state index in [4.69, 9.17) is 5.73 Å². The van der Waals surface area contributed by atoms with Gasteiger partial charge in [-0.3, -0.25) is 0 Å². The molecule has 1 heterocycles. The molecule has 0 spiro atoms. The van der Waals surface area contributed by atoms with Crippen molar-refractivity contribution in [3.63, 3.8) is 0 Å². The number of hydrogen-bond acceptors (Lipinski definition) is 2. The number of fused-ring (bicyclic) bond motifs is 1. The molecule has 1 aliphatic heterocycles. The summed E-state index contributed by atoms with van der Waals surface area (Å²) in [7, 11) is 2.18. The Balaban J connectivity index is 2.18. The standard InChI is InChI=1S/C13H20N2/c1-15-9-3-5-12-10-11(4-2-8-14)6-7-13(12)15/h6-7,10H,2-5,8-9,14H2,1H3. The summed E-state index contributed by atoms with van der Waals surface area (Å²) in [5.41, 5.74) is 9.89. The van der Waals surface area contributed by atoms with E-state index < -0.39 is 0 Å². The van der Waals surface area contributed by atoms with E-state index in [2.05, 4.69) is 30.1 Å². The highest BCUT2D eigenvalue weighted by atomic mass is 15.1. The van der Waals surface area contributed by atoms with Crippen molar-refractivity contribution in [3.05, 3.63) is 29.3 Å². The minimum atomic E-state index is 0.789. The number of benzene rings is 1. The first-order valence-electron chi connectivity index (χ1n) is 5.84. The highest BCUT2D eigenvalue weighted by Gasteiger charge is 2.13. The Morgan fingerprint density at radius 1 is 1.40 bits per heavy atom. The van der Waals surface area contributed by atoms with E-state index in [0.29, 0.717) is 0 Å². The molecule has 0 amide bonds. The van der Waals surface area contributed by atoms with Crippen LogP contribution >= 0.6 is 0 Å². The van der Waals surface area contributed by atoms with E-state index in [1.807, 2.05) is 0 Å². The van der Waals surface area contributed by atoms with E-state index in [0.717, 1.165) is 19.4 Å². The Kier molecular flexibility index (Phi) is 3.27. The summed E-state index contributed by atoms with van der Waals surface area (Å²) >= 11 is 0. The normalized spacial score (nSPS) is 15.2. The number of anilines is 1.